The minimum Gasteiger partial charge on any atom is -0.378 e. The van der Waals surface area contributed by atoms with E-state index in [-0.39, 0.29) is 17.6 Å². The number of carbonyl (C=O) groups is 1. The van der Waals surface area contributed by atoms with E-state index in [1.54, 1.807) is 12.5 Å². The largest absolute Gasteiger partial charge is 0.378 e. The number of carbonyl (C=O) groups excluding carboxylic acids is 1. The molecule has 6 heteroatoms. The Hall–Kier alpha value is -1.40. The summed E-state index contributed by atoms with van der Waals surface area (Å²) in [5.41, 5.74) is 0.644. The first kappa shape index (κ1) is 13.6. The van der Waals surface area contributed by atoms with Crippen molar-refractivity contribution in [3.8, 4) is 0 Å². The van der Waals surface area contributed by atoms with Gasteiger partial charge in [0.05, 0.1) is 32.0 Å². The van der Waals surface area contributed by atoms with Gasteiger partial charge in [0.25, 0.3) is 0 Å². The van der Waals surface area contributed by atoms with Gasteiger partial charge in [0.2, 0.25) is 5.91 Å². The summed E-state index contributed by atoms with van der Waals surface area (Å²) in [6, 6.07) is 0. The molecule has 3 heterocycles. The van der Waals surface area contributed by atoms with Gasteiger partial charge in [0.15, 0.2) is 0 Å². The quantitative estimate of drug-likeness (QED) is 0.785. The van der Waals surface area contributed by atoms with Gasteiger partial charge in [-0.15, -0.1) is 0 Å². The van der Waals surface area contributed by atoms with E-state index in [9.17, 15) is 4.79 Å². The summed E-state index contributed by atoms with van der Waals surface area (Å²) >= 11 is 0. The molecule has 0 radical (unpaired) electrons. The topological polar surface area (TPSA) is 56.6 Å². The molecule has 20 heavy (non-hydrogen) atoms. The molecule has 0 saturated carbocycles. The number of aromatic nitrogens is 2. The molecule has 2 unspecified atom stereocenters. The van der Waals surface area contributed by atoms with Gasteiger partial charge >= 0.3 is 0 Å². The highest BCUT2D eigenvalue weighted by Gasteiger charge is 2.43. The Morgan fingerprint density at radius 2 is 2.45 bits per heavy atom. The van der Waals surface area contributed by atoms with Crippen LogP contribution in [0.25, 0.3) is 0 Å². The van der Waals surface area contributed by atoms with Crippen LogP contribution in [0.2, 0.25) is 0 Å². The molecule has 1 amide bonds. The first-order chi connectivity index (χ1) is 9.58. The highest BCUT2D eigenvalue weighted by molar-refractivity contribution is 5.78. The van der Waals surface area contributed by atoms with E-state index in [4.69, 9.17) is 9.47 Å². The molecule has 1 spiro atoms. The van der Waals surface area contributed by atoms with Gasteiger partial charge < -0.3 is 18.9 Å². The van der Waals surface area contributed by atoms with Crippen LogP contribution in [0.1, 0.15) is 19.0 Å². The summed E-state index contributed by atoms with van der Waals surface area (Å²) in [4.78, 5) is 18.5. The Kier molecular flexibility index (Phi) is 3.52. The second kappa shape index (κ2) is 5.18. The maximum Gasteiger partial charge on any atom is 0.228 e. The summed E-state index contributed by atoms with van der Waals surface area (Å²) in [5, 5.41) is 0. The van der Waals surface area contributed by atoms with Crippen LogP contribution in [-0.4, -0.2) is 58.4 Å². The average molecular weight is 279 g/mol. The summed E-state index contributed by atoms with van der Waals surface area (Å²) in [6.45, 7) is 4.61. The van der Waals surface area contributed by atoms with Gasteiger partial charge in [-0.3, -0.25) is 4.79 Å². The summed E-state index contributed by atoms with van der Waals surface area (Å²) < 4.78 is 13.4. The lowest BCUT2D eigenvalue weighted by atomic mass is 9.99. The molecule has 2 atom stereocenters. The Balaban J connectivity index is 1.69. The monoisotopic (exact) mass is 279 g/mol. The Labute approximate surface area is 118 Å². The molecule has 1 aromatic rings. The molecule has 2 fully saturated rings. The van der Waals surface area contributed by atoms with Gasteiger partial charge in [-0.2, -0.15) is 0 Å². The predicted molar refractivity (Wildman–Crippen MR) is 72.2 cm³/mol. The molecular formula is C14H21N3O3. The van der Waals surface area contributed by atoms with Crippen molar-refractivity contribution < 1.29 is 14.3 Å². The SMILES string of the molecule is CC1CN(C(=O)Cc2cncn2C)CC2(CCOC2)O1. The van der Waals surface area contributed by atoms with Crippen LogP contribution < -0.4 is 0 Å². The van der Waals surface area contributed by atoms with Crippen LogP contribution >= 0.6 is 0 Å². The van der Waals surface area contributed by atoms with Crippen molar-refractivity contribution in [2.24, 2.45) is 7.05 Å². The number of nitrogens with zero attached hydrogens (tertiary/aromatic N) is 3. The lowest BCUT2D eigenvalue weighted by Crippen LogP contribution is -2.57. The minimum atomic E-state index is -0.292. The third kappa shape index (κ3) is 2.58. The molecule has 2 saturated heterocycles. The first-order valence-corrected chi connectivity index (χ1v) is 7.06. The van der Waals surface area contributed by atoms with E-state index in [1.807, 2.05) is 23.4 Å². The predicted octanol–water partition coefficient (Wildman–Crippen LogP) is 0.369. The number of morpholine rings is 1. The second-order valence-electron chi connectivity index (χ2n) is 5.86. The number of hydrogen-bond donors (Lipinski definition) is 0. The molecule has 0 bridgehead atoms. The van der Waals surface area contributed by atoms with Crippen LogP contribution in [0.4, 0.5) is 0 Å². The fourth-order valence-electron chi connectivity index (χ4n) is 3.04. The van der Waals surface area contributed by atoms with E-state index in [2.05, 4.69) is 4.98 Å². The summed E-state index contributed by atoms with van der Waals surface area (Å²) in [6.07, 6.45) is 4.78. The maximum absolute atomic E-state index is 12.5. The smallest absolute Gasteiger partial charge is 0.228 e. The summed E-state index contributed by atoms with van der Waals surface area (Å²) in [7, 11) is 1.91. The van der Waals surface area contributed by atoms with Crippen LogP contribution in [-0.2, 0) is 27.7 Å². The van der Waals surface area contributed by atoms with Gasteiger partial charge in [0.1, 0.15) is 5.60 Å². The molecule has 6 nitrogen and oxygen atoms in total. The van der Waals surface area contributed by atoms with Gasteiger partial charge in [-0.1, -0.05) is 0 Å². The normalized spacial score (nSPS) is 30.1. The van der Waals surface area contributed by atoms with Gasteiger partial charge in [0, 0.05) is 38.5 Å². The molecule has 2 aliphatic rings. The fourth-order valence-corrected chi connectivity index (χ4v) is 3.04. The number of amides is 1. The molecule has 0 aromatic carbocycles. The van der Waals surface area contributed by atoms with E-state index >= 15 is 0 Å². The molecule has 1 aromatic heterocycles. The third-order valence-electron chi connectivity index (χ3n) is 4.08. The first-order valence-electron chi connectivity index (χ1n) is 7.06. The van der Waals surface area contributed by atoms with Crippen molar-refractivity contribution in [1.29, 1.82) is 0 Å². The lowest BCUT2D eigenvalue weighted by Gasteiger charge is -2.42. The lowest BCUT2D eigenvalue weighted by molar-refractivity contribution is -0.165. The number of aryl methyl sites for hydroxylation is 1. The molecule has 2 aliphatic heterocycles. The van der Waals surface area contributed by atoms with E-state index in [1.165, 1.54) is 0 Å². The number of imidazole rings is 1. The maximum atomic E-state index is 12.5. The average Bonchev–Trinajstić information content (AvgIpc) is 2.99. The highest BCUT2D eigenvalue weighted by Crippen LogP contribution is 2.30. The summed E-state index contributed by atoms with van der Waals surface area (Å²) in [5.74, 6) is 0.134. The van der Waals surface area contributed by atoms with Crippen molar-refractivity contribution in [2.75, 3.05) is 26.3 Å². The van der Waals surface area contributed by atoms with Crippen LogP contribution in [0.15, 0.2) is 12.5 Å². The molecular weight excluding hydrogens is 258 g/mol. The minimum absolute atomic E-state index is 0.0564. The Bertz CT molecular complexity index is 494. The zero-order chi connectivity index (χ0) is 14.2. The van der Waals surface area contributed by atoms with Crippen molar-refractivity contribution in [3.05, 3.63) is 18.2 Å². The third-order valence-corrected chi connectivity index (χ3v) is 4.08. The number of hydrogen-bond acceptors (Lipinski definition) is 4. The number of ether oxygens (including phenoxy) is 2. The molecule has 110 valence electrons. The highest BCUT2D eigenvalue weighted by atomic mass is 16.6. The Morgan fingerprint density at radius 3 is 3.10 bits per heavy atom. The molecule has 3 rings (SSSR count). The molecule has 0 aliphatic carbocycles. The van der Waals surface area contributed by atoms with Crippen LogP contribution in [0.3, 0.4) is 0 Å². The zero-order valence-corrected chi connectivity index (χ0v) is 12.0. The molecule has 0 N–H and O–H groups in total. The van der Waals surface area contributed by atoms with Gasteiger partial charge in [-0.25, -0.2) is 4.98 Å². The van der Waals surface area contributed by atoms with Crippen molar-refractivity contribution >= 4 is 5.91 Å². The van der Waals surface area contributed by atoms with Crippen molar-refractivity contribution in [1.82, 2.24) is 14.5 Å². The fraction of sp³-hybridized carbons (Fsp3) is 0.714. The zero-order valence-electron chi connectivity index (χ0n) is 12.0. The van der Waals surface area contributed by atoms with E-state index in [0.29, 0.717) is 26.1 Å². The van der Waals surface area contributed by atoms with Gasteiger partial charge in [-0.05, 0) is 6.92 Å². The standard InChI is InChI=1S/C14H21N3O3/c1-11-7-17(8-14(20-11)3-4-19-9-14)13(18)5-12-6-15-10-16(12)2/h6,10-11H,3-5,7-9H2,1-2H3. The number of rotatable bonds is 2. The Morgan fingerprint density at radius 1 is 1.60 bits per heavy atom. The van der Waals surface area contributed by atoms with E-state index < -0.39 is 0 Å². The van der Waals surface area contributed by atoms with Crippen molar-refractivity contribution in [3.63, 3.8) is 0 Å². The van der Waals surface area contributed by atoms with Crippen LogP contribution in [0, 0.1) is 0 Å². The van der Waals surface area contributed by atoms with Crippen molar-refractivity contribution in [2.45, 2.75) is 31.5 Å². The van der Waals surface area contributed by atoms with E-state index in [0.717, 1.165) is 18.7 Å². The van der Waals surface area contributed by atoms with Crippen LogP contribution in [0.5, 0.6) is 0 Å². The second-order valence-corrected chi connectivity index (χ2v) is 5.86.